The first-order valence-corrected chi connectivity index (χ1v) is 7.44. The van der Waals surface area contributed by atoms with Crippen molar-refractivity contribution in [3.05, 3.63) is 85.2 Å². The largest absolute Gasteiger partial charge is 0.472 e. The van der Waals surface area contributed by atoms with E-state index >= 15 is 0 Å². The molecular weight excluding hydrogens is 286 g/mol. The van der Waals surface area contributed by atoms with E-state index in [1.807, 2.05) is 47.4 Å². The van der Waals surface area contributed by atoms with Gasteiger partial charge in [0.25, 0.3) is 0 Å². The highest BCUT2D eigenvalue weighted by atomic mass is 16.3. The summed E-state index contributed by atoms with van der Waals surface area (Å²) >= 11 is 0. The van der Waals surface area contributed by atoms with Gasteiger partial charge in [-0.2, -0.15) is 5.10 Å². The molecule has 0 saturated carbocycles. The van der Waals surface area contributed by atoms with Crippen LogP contribution in [0.4, 0.5) is 0 Å². The van der Waals surface area contributed by atoms with E-state index in [-0.39, 0.29) is 0 Å². The molecule has 4 heteroatoms. The number of hydrogen-bond donors (Lipinski definition) is 0. The van der Waals surface area contributed by atoms with Crippen molar-refractivity contribution >= 4 is 0 Å². The molecule has 112 valence electrons. The van der Waals surface area contributed by atoms with Crippen LogP contribution >= 0.6 is 0 Å². The number of nitrogens with zero attached hydrogens (tertiary/aromatic N) is 3. The lowest BCUT2D eigenvalue weighted by molar-refractivity contribution is 0.568. The van der Waals surface area contributed by atoms with Crippen molar-refractivity contribution < 1.29 is 4.42 Å². The van der Waals surface area contributed by atoms with Gasteiger partial charge in [-0.25, -0.2) is 0 Å². The van der Waals surface area contributed by atoms with Crippen molar-refractivity contribution in [1.82, 2.24) is 14.8 Å². The Kier molecular flexibility index (Phi) is 3.48. The topological polar surface area (TPSA) is 43.9 Å². The van der Waals surface area contributed by atoms with Gasteiger partial charge < -0.3 is 4.42 Å². The average Bonchev–Trinajstić information content (AvgIpc) is 3.28. The standard InChI is InChI=1S/C19H15N3O/c1-4-16(18-7-10-23-14-18)11-17(5-1)19-6-9-22(21-19)13-15-3-2-8-20-12-15/h1-12,14H,13H2. The molecule has 0 unspecified atom stereocenters. The third kappa shape index (κ3) is 2.92. The summed E-state index contributed by atoms with van der Waals surface area (Å²) in [4.78, 5) is 4.14. The Morgan fingerprint density at radius 2 is 1.91 bits per heavy atom. The minimum absolute atomic E-state index is 0.718. The van der Waals surface area contributed by atoms with Gasteiger partial charge in [0.2, 0.25) is 0 Å². The summed E-state index contributed by atoms with van der Waals surface area (Å²) in [7, 11) is 0. The molecule has 0 aliphatic rings. The van der Waals surface area contributed by atoms with Crippen LogP contribution in [0.1, 0.15) is 5.56 Å². The number of pyridine rings is 1. The van der Waals surface area contributed by atoms with E-state index in [0.717, 1.165) is 34.5 Å². The fourth-order valence-electron chi connectivity index (χ4n) is 2.57. The molecule has 0 N–H and O–H groups in total. The van der Waals surface area contributed by atoms with Crippen molar-refractivity contribution in [3.8, 4) is 22.4 Å². The summed E-state index contributed by atoms with van der Waals surface area (Å²) < 4.78 is 7.09. The molecule has 3 heterocycles. The smallest absolute Gasteiger partial charge is 0.0980 e. The minimum atomic E-state index is 0.718. The van der Waals surface area contributed by atoms with Crippen molar-refractivity contribution in [1.29, 1.82) is 0 Å². The van der Waals surface area contributed by atoms with Gasteiger partial charge >= 0.3 is 0 Å². The number of aromatic nitrogens is 3. The molecular formula is C19H15N3O. The van der Waals surface area contributed by atoms with Crippen molar-refractivity contribution in [2.24, 2.45) is 0 Å². The Bertz CT molecular complexity index is 895. The minimum Gasteiger partial charge on any atom is -0.472 e. The monoisotopic (exact) mass is 301 g/mol. The van der Waals surface area contributed by atoms with Crippen LogP contribution in [0.3, 0.4) is 0 Å². The van der Waals surface area contributed by atoms with Gasteiger partial charge in [0.05, 0.1) is 24.8 Å². The molecule has 4 aromatic rings. The van der Waals surface area contributed by atoms with E-state index < -0.39 is 0 Å². The highest BCUT2D eigenvalue weighted by Crippen LogP contribution is 2.25. The van der Waals surface area contributed by atoms with Gasteiger partial charge in [-0.1, -0.05) is 24.3 Å². The summed E-state index contributed by atoms with van der Waals surface area (Å²) in [5.74, 6) is 0. The van der Waals surface area contributed by atoms with E-state index in [1.54, 1.807) is 18.7 Å². The second-order valence-electron chi connectivity index (χ2n) is 5.35. The summed E-state index contributed by atoms with van der Waals surface area (Å²) in [6, 6.07) is 16.3. The van der Waals surface area contributed by atoms with E-state index in [2.05, 4.69) is 28.3 Å². The molecule has 4 rings (SSSR count). The van der Waals surface area contributed by atoms with Gasteiger partial charge in [0.1, 0.15) is 0 Å². The number of furan rings is 1. The molecule has 3 aromatic heterocycles. The summed E-state index contributed by atoms with van der Waals surface area (Å²) in [6.45, 7) is 0.718. The van der Waals surface area contributed by atoms with Crippen LogP contribution in [0.15, 0.2) is 84.1 Å². The second kappa shape index (κ2) is 5.93. The molecule has 0 amide bonds. The highest BCUT2D eigenvalue weighted by molar-refractivity contribution is 5.70. The van der Waals surface area contributed by atoms with Crippen LogP contribution in [0.25, 0.3) is 22.4 Å². The third-order valence-electron chi connectivity index (χ3n) is 3.72. The first-order chi connectivity index (χ1) is 11.4. The molecule has 0 aliphatic heterocycles. The predicted molar refractivity (Wildman–Crippen MR) is 88.7 cm³/mol. The van der Waals surface area contributed by atoms with E-state index in [1.165, 1.54) is 0 Å². The first kappa shape index (κ1) is 13.5. The van der Waals surface area contributed by atoms with Crippen molar-refractivity contribution in [3.63, 3.8) is 0 Å². The van der Waals surface area contributed by atoms with Crippen LogP contribution in [0, 0.1) is 0 Å². The summed E-state index contributed by atoms with van der Waals surface area (Å²) in [6.07, 6.45) is 9.07. The van der Waals surface area contributed by atoms with Gasteiger partial charge in [-0.3, -0.25) is 9.67 Å². The maximum Gasteiger partial charge on any atom is 0.0980 e. The fraction of sp³-hybridized carbons (Fsp3) is 0.0526. The van der Waals surface area contributed by atoms with Crippen LogP contribution in [0.5, 0.6) is 0 Å². The molecule has 4 nitrogen and oxygen atoms in total. The van der Waals surface area contributed by atoms with Crippen LogP contribution in [-0.2, 0) is 6.54 Å². The maximum absolute atomic E-state index is 5.16. The second-order valence-corrected chi connectivity index (χ2v) is 5.35. The molecule has 0 fully saturated rings. The van der Waals surface area contributed by atoms with Crippen LogP contribution in [0.2, 0.25) is 0 Å². The molecule has 23 heavy (non-hydrogen) atoms. The third-order valence-corrected chi connectivity index (χ3v) is 3.72. The molecule has 1 aromatic carbocycles. The first-order valence-electron chi connectivity index (χ1n) is 7.44. The SMILES string of the molecule is c1cncc(Cn2ccc(-c3cccc(-c4ccoc4)c3)n2)c1. The molecule has 0 radical (unpaired) electrons. The Morgan fingerprint density at radius 1 is 0.957 bits per heavy atom. The maximum atomic E-state index is 5.16. The lowest BCUT2D eigenvalue weighted by Crippen LogP contribution is -2.00. The van der Waals surface area contributed by atoms with Crippen molar-refractivity contribution in [2.75, 3.05) is 0 Å². The van der Waals surface area contributed by atoms with Gasteiger partial charge in [0.15, 0.2) is 0 Å². The van der Waals surface area contributed by atoms with Gasteiger partial charge in [-0.15, -0.1) is 0 Å². The van der Waals surface area contributed by atoms with E-state index in [0.29, 0.717) is 0 Å². The molecule has 0 bridgehead atoms. The lowest BCUT2D eigenvalue weighted by Gasteiger charge is -2.02. The quantitative estimate of drug-likeness (QED) is 0.566. The van der Waals surface area contributed by atoms with Crippen LogP contribution in [-0.4, -0.2) is 14.8 Å². The predicted octanol–water partition coefficient (Wildman–Crippen LogP) is 4.25. The van der Waals surface area contributed by atoms with Crippen LogP contribution < -0.4 is 0 Å². The number of rotatable bonds is 4. The Morgan fingerprint density at radius 3 is 2.74 bits per heavy atom. The fourth-order valence-corrected chi connectivity index (χ4v) is 2.57. The highest BCUT2D eigenvalue weighted by Gasteiger charge is 2.06. The van der Waals surface area contributed by atoms with Gasteiger partial charge in [-0.05, 0) is 35.4 Å². The zero-order chi connectivity index (χ0) is 15.5. The zero-order valence-corrected chi connectivity index (χ0v) is 12.5. The number of benzene rings is 1. The Balaban J connectivity index is 1.61. The van der Waals surface area contributed by atoms with Gasteiger partial charge in [0, 0.05) is 29.7 Å². The molecule has 0 atom stereocenters. The zero-order valence-electron chi connectivity index (χ0n) is 12.5. The lowest BCUT2D eigenvalue weighted by atomic mass is 10.0. The Labute approximate surface area is 134 Å². The number of hydrogen-bond acceptors (Lipinski definition) is 3. The summed E-state index contributed by atoms with van der Waals surface area (Å²) in [5.41, 5.74) is 5.38. The normalized spacial score (nSPS) is 10.8. The van der Waals surface area contributed by atoms with E-state index in [9.17, 15) is 0 Å². The molecule has 0 spiro atoms. The molecule has 0 saturated heterocycles. The molecule has 0 aliphatic carbocycles. The van der Waals surface area contributed by atoms with Crippen molar-refractivity contribution in [2.45, 2.75) is 6.54 Å². The Hall–Kier alpha value is -3.14. The van der Waals surface area contributed by atoms with E-state index in [4.69, 9.17) is 4.42 Å². The average molecular weight is 301 g/mol. The summed E-state index contributed by atoms with van der Waals surface area (Å²) in [5, 5.41) is 4.66.